The van der Waals surface area contributed by atoms with Gasteiger partial charge in [-0.2, -0.15) is 11.8 Å². The molecule has 204 valence electrons. The van der Waals surface area contributed by atoms with Crippen LogP contribution in [-0.2, 0) is 4.74 Å². The van der Waals surface area contributed by atoms with Gasteiger partial charge in [-0.05, 0) is 48.5 Å². The summed E-state index contributed by atoms with van der Waals surface area (Å²) in [6.07, 6.45) is 3.69. The van der Waals surface area contributed by atoms with Crippen molar-refractivity contribution in [2.45, 2.75) is 4.90 Å². The first kappa shape index (κ1) is 27.6. The van der Waals surface area contributed by atoms with Crippen LogP contribution in [0.1, 0.15) is 0 Å². The van der Waals surface area contributed by atoms with Crippen LogP contribution in [0.5, 0.6) is 0 Å². The van der Waals surface area contributed by atoms with Crippen molar-refractivity contribution in [3.8, 4) is 21.8 Å². The molecule has 2 aromatic heterocycles. The lowest BCUT2D eigenvalue weighted by molar-refractivity contribution is 0.122. The molecule has 1 aliphatic rings. The van der Waals surface area contributed by atoms with Gasteiger partial charge in [0.2, 0.25) is 5.95 Å². The molecule has 0 aliphatic carbocycles. The van der Waals surface area contributed by atoms with Gasteiger partial charge in [-0.1, -0.05) is 23.5 Å². The molecule has 1 fully saturated rings. The van der Waals surface area contributed by atoms with E-state index >= 15 is 4.39 Å². The van der Waals surface area contributed by atoms with Crippen molar-refractivity contribution in [1.29, 1.82) is 0 Å². The Morgan fingerprint density at radius 1 is 1.03 bits per heavy atom. The first-order chi connectivity index (χ1) is 19.0. The Bertz CT molecular complexity index is 1410. The normalized spacial score (nSPS) is 13.5. The third-order valence-corrected chi connectivity index (χ3v) is 8.48. The fourth-order valence-electron chi connectivity index (χ4n) is 3.87. The first-order valence-electron chi connectivity index (χ1n) is 12.1. The van der Waals surface area contributed by atoms with Gasteiger partial charge in [0.1, 0.15) is 11.6 Å². The van der Waals surface area contributed by atoms with Crippen molar-refractivity contribution in [2.24, 2.45) is 0 Å². The van der Waals surface area contributed by atoms with E-state index in [1.54, 1.807) is 36.2 Å². The molecule has 1 aliphatic heterocycles. The molecule has 0 radical (unpaired) electrons. The van der Waals surface area contributed by atoms with Crippen molar-refractivity contribution >= 4 is 51.8 Å². The summed E-state index contributed by atoms with van der Waals surface area (Å²) in [5, 5.41) is 3.95. The van der Waals surface area contributed by atoms with Crippen LogP contribution < -0.4 is 14.9 Å². The number of hydrogen-bond acceptors (Lipinski definition) is 10. The largest absolute Gasteiger partial charge is 0.378 e. The van der Waals surface area contributed by atoms with Crippen molar-refractivity contribution in [3.05, 3.63) is 66.1 Å². The Kier molecular flexibility index (Phi) is 9.12. The summed E-state index contributed by atoms with van der Waals surface area (Å²) in [6.45, 7) is 3.22. The minimum Gasteiger partial charge on any atom is -0.378 e. The van der Waals surface area contributed by atoms with Crippen molar-refractivity contribution < 1.29 is 17.9 Å². The summed E-state index contributed by atoms with van der Waals surface area (Å²) in [5.41, 5.74) is 1.37. The molecular weight excluding hydrogens is 566 g/mol. The van der Waals surface area contributed by atoms with Crippen LogP contribution in [0, 0.1) is 17.5 Å². The van der Waals surface area contributed by atoms with E-state index in [4.69, 9.17) is 9.72 Å². The van der Waals surface area contributed by atoms with Crippen LogP contribution in [0.4, 0.5) is 29.9 Å². The molecule has 39 heavy (non-hydrogen) atoms. The van der Waals surface area contributed by atoms with E-state index in [2.05, 4.69) is 24.9 Å². The zero-order chi connectivity index (χ0) is 27.2. The fraction of sp³-hybridized carbons (Fsp3) is 0.269. The standard InChI is InChI=1S/C26H25F3N6OS3/c1-37-15-10-31-25-30-9-8-20(32-25)24-22(33-26(38-24)35-11-13-36-14-12-35)16-4-2-7-19(21(16)29)34-39-23-17(27)5-3-6-18(23)28/h2-9,34H,10-15H2,1H3,(H,30,31,32). The summed E-state index contributed by atoms with van der Waals surface area (Å²) in [7, 11) is 0. The lowest BCUT2D eigenvalue weighted by Gasteiger charge is -2.26. The fourth-order valence-corrected chi connectivity index (χ4v) is 5.98. The Labute approximate surface area is 236 Å². The number of thiazole rings is 1. The topological polar surface area (TPSA) is 75.2 Å². The smallest absolute Gasteiger partial charge is 0.223 e. The number of hydrogen-bond donors (Lipinski definition) is 2. The number of morpholine rings is 1. The number of nitrogens with one attached hydrogen (secondary N) is 2. The van der Waals surface area contributed by atoms with Gasteiger partial charge < -0.3 is 19.7 Å². The van der Waals surface area contributed by atoms with Crippen molar-refractivity contribution in [3.63, 3.8) is 0 Å². The zero-order valence-electron chi connectivity index (χ0n) is 20.9. The molecule has 0 unspecified atom stereocenters. The molecule has 0 saturated carbocycles. The summed E-state index contributed by atoms with van der Waals surface area (Å²) in [6, 6.07) is 10.2. The molecule has 0 atom stereocenters. The molecule has 3 heterocycles. The molecular formula is C26H25F3N6OS3. The van der Waals surface area contributed by atoms with E-state index in [1.807, 2.05) is 6.26 Å². The van der Waals surface area contributed by atoms with E-state index in [-0.39, 0.29) is 16.1 Å². The maximum absolute atomic E-state index is 15.9. The molecule has 0 bridgehead atoms. The Morgan fingerprint density at radius 3 is 2.56 bits per heavy atom. The number of rotatable bonds is 10. The third-order valence-electron chi connectivity index (χ3n) is 5.81. The van der Waals surface area contributed by atoms with Gasteiger partial charge in [0.15, 0.2) is 10.9 Å². The van der Waals surface area contributed by atoms with Crippen LogP contribution in [-0.4, -0.2) is 59.8 Å². The molecule has 2 N–H and O–H groups in total. The van der Waals surface area contributed by atoms with Crippen LogP contribution in [0.3, 0.4) is 0 Å². The highest BCUT2D eigenvalue weighted by atomic mass is 32.2. The van der Waals surface area contributed by atoms with Gasteiger partial charge in [0.05, 0.1) is 40.1 Å². The molecule has 0 amide bonds. The molecule has 7 nitrogen and oxygen atoms in total. The van der Waals surface area contributed by atoms with Crippen molar-refractivity contribution in [2.75, 3.05) is 59.8 Å². The molecule has 2 aromatic carbocycles. The van der Waals surface area contributed by atoms with Gasteiger partial charge in [-0.15, -0.1) is 0 Å². The predicted octanol–water partition coefficient (Wildman–Crippen LogP) is 6.42. The molecule has 5 rings (SSSR count). The quantitative estimate of drug-likeness (QED) is 0.161. The first-order valence-corrected chi connectivity index (χ1v) is 15.1. The number of ether oxygens (including phenoxy) is 1. The Hall–Kier alpha value is -3.00. The highest BCUT2D eigenvalue weighted by molar-refractivity contribution is 8.00. The van der Waals surface area contributed by atoms with Gasteiger partial charge in [0, 0.05) is 37.1 Å². The van der Waals surface area contributed by atoms with Crippen LogP contribution >= 0.6 is 35.0 Å². The monoisotopic (exact) mass is 590 g/mol. The van der Waals surface area contributed by atoms with Crippen LogP contribution in [0.25, 0.3) is 21.8 Å². The number of anilines is 3. The predicted molar refractivity (Wildman–Crippen MR) is 154 cm³/mol. The number of nitrogens with zero attached hydrogens (tertiary/aromatic N) is 4. The second kappa shape index (κ2) is 12.9. The summed E-state index contributed by atoms with van der Waals surface area (Å²) < 4.78 is 52.4. The second-order valence-electron chi connectivity index (χ2n) is 8.38. The maximum Gasteiger partial charge on any atom is 0.223 e. The van der Waals surface area contributed by atoms with Gasteiger partial charge in [-0.25, -0.2) is 28.1 Å². The van der Waals surface area contributed by atoms with E-state index in [0.29, 0.717) is 67.0 Å². The second-order valence-corrected chi connectivity index (χ2v) is 11.2. The molecule has 0 spiro atoms. The lowest BCUT2D eigenvalue weighted by atomic mass is 10.1. The Balaban J connectivity index is 1.51. The van der Waals surface area contributed by atoms with Crippen LogP contribution in [0.2, 0.25) is 0 Å². The number of benzene rings is 2. The summed E-state index contributed by atoms with van der Waals surface area (Å²) in [5.74, 6) is -0.666. The molecule has 4 aromatic rings. The maximum atomic E-state index is 15.9. The van der Waals surface area contributed by atoms with Gasteiger partial charge >= 0.3 is 0 Å². The third kappa shape index (κ3) is 6.43. The minimum atomic E-state index is -0.730. The number of halogens is 3. The summed E-state index contributed by atoms with van der Waals surface area (Å²) >= 11 is 3.81. The number of aromatic nitrogens is 3. The summed E-state index contributed by atoms with van der Waals surface area (Å²) in [4.78, 5) is 16.4. The molecule has 1 saturated heterocycles. The van der Waals surface area contributed by atoms with E-state index in [1.165, 1.54) is 23.5 Å². The average Bonchev–Trinajstić information content (AvgIpc) is 3.40. The van der Waals surface area contributed by atoms with Gasteiger partial charge in [-0.3, -0.25) is 0 Å². The minimum absolute atomic E-state index is 0.0779. The highest BCUT2D eigenvalue weighted by Crippen LogP contribution is 2.42. The van der Waals surface area contributed by atoms with Crippen molar-refractivity contribution in [1.82, 2.24) is 15.0 Å². The van der Waals surface area contributed by atoms with E-state index < -0.39 is 17.5 Å². The average molecular weight is 591 g/mol. The molecule has 13 heteroatoms. The lowest BCUT2D eigenvalue weighted by Crippen LogP contribution is -2.36. The van der Waals surface area contributed by atoms with E-state index in [9.17, 15) is 8.78 Å². The highest BCUT2D eigenvalue weighted by Gasteiger charge is 2.24. The number of thioether (sulfide) groups is 1. The SMILES string of the molecule is CSCCNc1nccc(-c2sc(N3CCOCC3)nc2-c2cccc(NSc3c(F)cccc3F)c2F)n1. The van der Waals surface area contributed by atoms with E-state index in [0.717, 1.165) is 23.0 Å². The Morgan fingerprint density at radius 2 is 1.79 bits per heavy atom. The zero-order valence-corrected chi connectivity index (χ0v) is 23.4. The van der Waals surface area contributed by atoms with Crippen LogP contribution in [0.15, 0.2) is 53.6 Å². The van der Waals surface area contributed by atoms with Gasteiger partial charge in [0.25, 0.3) is 0 Å².